The molecule has 0 aliphatic carbocycles. The van der Waals surface area contributed by atoms with Crippen LogP contribution in [0.4, 0.5) is 17.2 Å². The molecule has 26 heavy (non-hydrogen) atoms. The van der Waals surface area contributed by atoms with E-state index in [9.17, 15) is 4.79 Å². The van der Waals surface area contributed by atoms with E-state index in [0.29, 0.717) is 12.1 Å². The Morgan fingerprint density at radius 3 is 2.15 bits per heavy atom. The normalized spacial score (nSPS) is 10.4. The fourth-order valence-corrected chi connectivity index (χ4v) is 2.61. The number of benzene rings is 2. The SMILES string of the molecule is CCc1ccc(Nc2ccc(NC(=O)Cc3ccc(C)cc3)cn2)cc1. The number of hydrogen-bond donors (Lipinski definition) is 2. The summed E-state index contributed by atoms with van der Waals surface area (Å²) in [5, 5.41) is 6.14. The van der Waals surface area contributed by atoms with Crippen molar-refractivity contribution in [1.82, 2.24) is 4.98 Å². The molecular weight excluding hydrogens is 322 g/mol. The van der Waals surface area contributed by atoms with Gasteiger partial charge in [-0.3, -0.25) is 4.79 Å². The van der Waals surface area contributed by atoms with Gasteiger partial charge in [0.15, 0.2) is 0 Å². The van der Waals surface area contributed by atoms with Gasteiger partial charge in [-0.25, -0.2) is 4.98 Å². The average Bonchev–Trinajstić information content (AvgIpc) is 2.66. The smallest absolute Gasteiger partial charge is 0.228 e. The molecular formula is C22H23N3O. The molecule has 0 atom stereocenters. The van der Waals surface area contributed by atoms with Crippen LogP contribution in [0.1, 0.15) is 23.6 Å². The fraction of sp³-hybridized carbons (Fsp3) is 0.182. The lowest BCUT2D eigenvalue weighted by Crippen LogP contribution is -2.14. The molecule has 0 saturated heterocycles. The fourth-order valence-electron chi connectivity index (χ4n) is 2.61. The standard InChI is InChI=1S/C22H23N3O/c1-3-17-8-10-19(11-9-17)24-21-13-12-20(15-23-21)25-22(26)14-18-6-4-16(2)5-7-18/h4-13,15H,3,14H2,1-2H3,(H,23,24)(H,25,26). The Balaban J connectivity index is 1.56. The number of amides is 1. The van der Waals surface area contributed by atoms with Crippen LogP contribution in [-0.4, -0.2) is 10.9 Å². The molecule has 3 aromatic rings. The van der Waals surface area contributed by atoms with Crippen LogP contribution in [-0.2, 0) is 17.6 Å². The van der Waals surface area contributed by atoms with Crippen LogP contribution in [0.5, 0.6) is 0 Å². The first-order chi connectivity index (χ1) is 12.6. The van der Waals surface area contributed by atoms with Crippen molar-refractivity contribution in [2.45, 2.75) is 26.7 Å². The largest absolute Gasteiger partial charge is 0.340 e. The lowest BCUT2D eigenvalue weighted by molar-refractivity contribution is -0.115. The third kappa shape index (κ3) is 4.93. The molecule has 1 heterocycles. The van der Waals surface area contributed by atoms with Gasteiger partial charge in [-0.05, 0) is 48.7 Å². The Kier molecular flexibility index (Phi) is 5.64. The van der Waals surface area contributed by atoms with Crippen molar-refractivity contribution in [3.8, 4) is 0 Å². The van der Waals surface area contributed by atoms with Crippen LogP contribution in [0.2, 0.25) is 0 Å². The summed E-state index contributed by atoms with van der Waals surface area (Å²) in [5.41, 5.74) is 5.16. The molecule has 0 bridgehead atoms. The monoisotopic (exact) mass is 345 g/mol. The summed E-state index contributed by atoms with van der Waals surface area (Å²) in [5.74, 6) is 0.692. The van der Waals surface area contributed by atoms with Gasteiger partial charge in [0.25, 0.3) is 0 Å². The van der Waals surface area contributed by atoms with Crippen molar-refractivity contribution in [2.24, 2.45) is 0 Å². The molecule has 1 amide bonds. The van der Waals surface area contributed by atoms with Crippen LogP contribution in [0.15, 0.2) is 66.9 Å². The molecule has 4 nitrogen and oxygen atoms in total. The Labute approximate surface area is 154 Å². The molecule has 3 rings (SSSR count). The van der Waals surface area contributed by atoms with Gasteiger partial charge in [-0.1, -0.05) is 48.9 Å². The number of carbonyl (C=O) groups excluding carboxylic acids is 1. The van der Waals surface area contributed by atoms with E-state index in [-0.39, 0.29) is 5.91 Å². The Bertz CT molecular complexity index is 853. The van der Waals surface area contributed by atoms with E-state index in [1.54, 1.807) is 6.20 Å². The molecule has 0 saturated carbocycles. The maximum atomic E-state index is 12.1. The van der Waals surface area contributed by atoms with Gasteiger partial charge in [0, 0.05) is 5.69 Å². The lowest BCUT2D eigenvalue weighted by atomic mass is 10.1. The van der Waals surface area contributed by atoms with E-state index in [0.717, 1.165) is 23.5 Å². The topological polar surface area (TPSA) is 54.0 Å². The van der Waals surface area contributed by atoms with Gasteiger partial charge in [0.1, 0.15) is 5.82 Å². The molecule has 2 aromatic carbocycles. The molecule has 0 radical (unpaired) electrons. The van der Waals surface area contributed by atoms with Crippen molar-refractivity contribution in [3.63, 3.8) is 0 Å². The van der Waals surface area contributed by atoms with Crippen molar-refractivity contribution >= 4 is 23.1 Å². The molecule has 132 valence electrons. The minimum Gasteiger partial charge on any atom is -0.340 e. The Hall–Kier alpha value is -3.14. The van der Waals surface area contributed by atoms with E-state index in [4.69, 9.17) is 0 Å². The van der Waals surface area contributed by atoms with Crippen LogP contribution < -0.4 is 10.6 Å². The van der Waals surface area contributed by atoms with Gasteiger partial charge in [0.2, 0.25) is 5.91 Å². The summed E-state index contributed by atoms with van der Waals surface area (Å²) in [6.45, 7) is 4.17. The molecule has 4 heteroatoms. The number of carbonyl (C=O) groups is 1. The van der Waals surface area contributed by atoms with Crippen LogP contribution >= 0.6 is 0 Å². The predicted octanol–water partition coefficient (Wildman–Crippen LogP) is 4.88. The number of nitrogens with zero attached hydrogens (tertiary/aromatic N) is 1. The molecule has 0 unspecified atom stereocenters. The number of nitrogens with one attached hydrogen (secondary N) is 2. The highest BCUT2D eigenvalue weighted by molar-refractivity contribution is 5.92. The number of rotatable bonds is 6. The Morgan fingerprint density at radius 2 is 1.54 bits per heavy atom. The summed E-state index contributed by atoms with van der Waals surface area (Å²) in [6, 6.07) is 20.0. The molecule has 2 N–H and O–H groups in total. The van der Waals surface area contributed by atoms with Crippen molar-refractivity contribution in [3.05, 3.63) is 83.6 Å². The van der Waals surface area contributed by atoms with Crippen molar-refractivity contribution in [2.75, 3.05) is 10.6 Å². The molecule has 0 fully saturated rings. The van der Waals surface area contributed by atoms with Crippen LogP contribution in [0, 0.1) is 6.92 Å². The second-order valence-corrected chi connectivity index (χ2v) is 6.32. The minimum absolute atomic E-state index is 0.0495. The summed E-state index contributed by atoms with van der Waals surface area (Å²) in [7, 11) is 0. The van der Waals surface area contributed by atoms with E-state index >= 15 is 0 Å². The zero-order valence-corrected chi connectivity index (χ0v) is 15.1. The van der Waals surface area contributed by atoms with Gasteiger partial charge in [-0.15, -0.1) is 0 Å². The van der Waals surface area contributed by atoms with Crippen molar-refractivity contribution in [1.29, 1.82) is 0 Å². The summed E-state index contributed by atoms with van der Waals surface area (Å²) in [4.78, 5) is 16.5. The third-order valence-corrected chi connectivity index (χ3v) is 4.17. The highest BCUT2D eigenvalue weighted by atomic mass is 16.1. The molecule has 0 aliphatic rings. The van der Waals surface area contributed by atoms with Gasteiger partial charge < -0.3 is 10.6 Å². The summed E-state index contributed by atoms with van der Waals surface area (Å²) >= 11 is 0. The third-order valence-electron chi connectivity index (χ3n) is 4.17. The second-order valence-electron chi connectivity index (χ2n) is 6.32. The molecule has 1 aromatic heterocycles. The van der Waals surface area contributed by atoms with Crippen LogP contribution in [0.25, 0.3) is 0 Å². The van der Waals surface area contributed by atoms with E-state index < -0.39 is 0 Å². The zero-order chi connectivity index (χ0) is 18.4. The number of aromatic nitrogens is 1. The lowest BCUT2D eigenvalue weighted by Gasteiger charge is -2.08. The van der Waals surface area contributed by atoms with Gasteiger partial charge in [0.05, 0.1) is 18.3 Å². The van der Waals surface area contributed by atoms with Crippen LogP contribution in [0.3, 0.4) is 0 Å². The zero-order valence-electron chi connectivity index (χ0n) is 15.1. The number of pyridine rings is 1. The quantitative estimate of drug-likeness (QED) is 0.669. The maximum Gasteiger partial charge on any atom is 0.228 e. The van der Waals surface area contributed by atoms with E-state index in [1.807, 2.05) is 55.5 Å². The molecule has 0 aliphatic heterocycles. The summed E-state index contributed by atoms with van der Waals surface area (Å²) in [6.07, 6.45) is 3.04. The first-order valence-electron chi connectivity index (χ1n) is 8.80. The number of hydrogen-bond acceptors (Lipinski definition) is 3. The van der Waals surface area contributed by atoms with E-state index in [1.165, 1.54) is 11.1 Å². The van der Waals surface area contributed by atoms with Gasteiger partial charge in [-0.2, -0.15) is 0 Å². The number of aryl methyl sites for hydroxylation is 2. The Morgan fingerprint density at radius 1 is 0.885 bits per heavy atom. The van der Waals surface area contributed by atoms with E-state index in [2.05, 4.69) is 34.7 Å². The number of anilines is 3. The first-order valence-corrected chi connectivity index (χ1v) is 8.80. The second kappa shape index (κ2) is 8.30. The summed E-state index contributed by atoms with van der Waals surface area (Å²) < 4.78 is 0. The molecule has 0 spiro atoms. The van der Waals surface area contributed by atoms with Gasteiger partial charge >= 0.3 is 0 Å². The van der Waals surface area contributed by atoms with Crippen molar-refractivity contribution < 1.29 is 4.79 Å². The maximum absolute atomic E-state index is 12.1. The minimum atomic E-state index is -0.0495. The highest BCUT2D eigenvalue weighted by Gasteiger charge is 2.05. The first kappa shape index (κ1) is 17.7. The highest BCUT2D eigenvalue weighted by Crippen LogP contribution is 2.17. The predicted molar refractivity (Wildman–Crippen MR) is 107 cm³/mol. The average molecular weight is 345 g/mol.